The summed E-state index contributed by atoms with van der Waals surface area (Å²) in [7, 11) is 0. The molecule has 3 aliphatic rings. The highest BCUT2D eigenvalue weighted by atomic mass is 35.5. The number of alkyl halides is 2. The summed E-state index contributed by atoms with van der Waals surface area (Å²) < 4.78 is 5.57. The average molecular weight is 391 g/mol. The van der Waals surface area contributed by atoms with Gasteiger partial charge in [-0.2, -0.15) is 0 Å². The molecule has 0 aromatic heterocycles. The normalized spacial score (nSPS) is 37.2. The molecule has 0 bridgehead atoms. The first-order valence-electron chi connectivity index (χ1n) is 9.02. The number of aliphatic carboxylic acids is 1. The van der Waals surface area contributed by atoms with Gasteiger partial charge in [-0.3, -0.25) is 4.79 Å². The number of rotatable bonds is 4. The number of carbonyl (C=O) groups is 2. The highest BCUT2D eigenvalue weighted by Gasteiger charge is 2.45. The molecule has 3 rings (SSSR count). The third-order valence-corrected chi connectivity index (χ3v) is 7.01. The van der Waals surface area contributed by atoms with Crippen LogP contribution in [0.4, 0.5) is 0 Å². The summed E-state index contributed by atoms with van der Waals surface area (Å²) in [6.07, 6.45) is 4.86. The second kappa shape index (κ2) is 7.75. The molecule has 25 heavy (non-hydrogen) atoms. The van der Waals surface area contributed by atoms with Crippen molar-refractivity contribution in [1.29, 1.82) is 0 Å². The fraction of sp³-hybridized carbons (Fsp3) is 0.778. The van der Waals surface area contributed by atoms with Gasteiger partial charge in [-0.1, -0.05) is 6.42 Å². The molecular formula is C18H24Cl2O5. The number of hydrogen-bond acceptors (Lipinski definition) is 4. The van der Waals surface area contributed by atoms with Crippen molar-refractivity contribution in [3.63, 3.8) is 0 Å². The van der Waals surface area contributed by atoms with E-state index in [1.807, 2.05) is 0 Å². The topological polar surface area (TPSA) is 83.8 Å². The lowest BCUT2D eigenvalue weighted by Gasteiger charge is -2.40. The van der Waals surface area contributed by atoms with Crippen molar-refractivity contribution in [2.24, 2.45) is 17.8 Å². The predicted molar refractivity (Wildman–Crippen MR) is 93.9 cm³/mol. The Hall–Kier alpha value is -0.940. The number of halogens is 2. The summed E-state index contributed by atoms with van der Waals surface area (Å²) in [6, 6.07) is 0. The van der Waals surface area contributed by atoms with Crippen molar-refractivity contribution in [2.45, 2.75) is 68.2 Å². The van der Waals surface area contributed by atoms with Crippen molar-refractivity contribution < 1.29 is 24.5 Å². The summed E-state index contributed by atoms with van der Waals surface area (Å²) in [4.78, 5) is 24.0. The van der Waals surface area contributed by atoms with Crippen molar-refractivity contribution in [3.05, 3.63) is 11.3 Å². The monoisotopic (exact) mass is 390 g/mol. The highest BCUT2D eigenvalue weighted by Crippen LogP contribution is 2.45. The van der Waals surface area contributed by atoms with Crippen LogP contribution in [0.2, 0.25) is 0 Å². The van der Waals surface area contributed by atoms with Crippen LogP contribution in [0.15, 0.2) is 11.3 Å². The first-order valence-corrected chi connectivity index (χ1v) is 9.89. The van der Waals surface area contributed by atoms with Gasteiger partial charge in [0.1, 0.15) is 11.9 Å². The Morgan fingerprint density at radius 2 is 1.88 bits per heavy atom. The number of hydrogen-bond donors (Lipinski definition) is 2. The quantitative estimate of drug-likeness (QED) is 0.559. The van der Waals surface area contributed by atoms with Crippen LogP contribution in [0.25, 0.3) is 0 Å². The Labute approximate surface area is 157 Å². The van der Waals surface area contributed by atoms with E-state index in [2.05, 4.69) is 0 Å². The number of carboxylic acids is 1. The lowest BCUT2D eigenvalue weighted by molar-refractivity contribution is -0.153. The van der Waals surface area contributed by atoms with E-state index in [0.717, 1.165) is 25.7 Å². The average Bonchev–Trinajstić information content (AvgIpc) is 2.56. The van der Waals surface area contributed by atoms with Gasteiger partial charge in [-0.25, -0.2) is 4.79 Å². The Kier molecular flexibility index (Phi) is 5.84. The van der Waals surface area contributed by atoms with Crippen molar-refractivity contribution in [1.82, 2.24) is 0 Å². The van der Waals surface area contributed by atoms with Crippen LogP contribution in [-0.4, -0.2) is 39.0 Å². The third kappa shape index (κ3) is 3.92. The maximum atomic E-state index is 12.6. The van der Waals surface area contributed by atoms with E-state index >= 15 is 0 Å². The van der Waals surface area contributed by atoms with E-state index in [1.54, 1.807) is 0 Å². The molecule has 5 nitrogen and oxygen atoms in total. The van der Waals surface area contributed by atoms with Crippen LogP contribution in [0.3, 0.4) is 0 Å². The Bertz CT molecular complexity index is 576. The molecule has 2 N–H and O–H groups in total. The van der Waals surface area contributed by atoms with Crippen molar-refractivity contribution in [3.8, 4) is 0 Å². The molecule has 0 saturated heterocycles. The van der Waals surface area contributed by atoms with E-state index in [4.69, 9.17) is 27.9 Å². The second-order valence-electron chi connectivity index (χ2n) is 7.44. The van der Waals surface area contributed by atoms with Gasteiger partial charge in [-0.15, -0.1) is 23.2 Å². The van der Waals surface area contributed by atoms with Crippen molar-refractivity contribution in [2.75, 3.05) is 0 Å². The number of esters is 1. The fourth-order valence-corrected chi connectivity index (χ4v) is 5.15. The molecule has 0 amide bonds. The molecule has 6 atom stereocenters. The van der Waals surface area contributed by atoms with E-state index in [0.29, 0.717) is 19.3 Å². The van der Waals surface area contributed by atoms with Gasteiger partial charge < -0.3 is 14.9 Å². The molecular weight excluding hydrogens is 367 g/mol. The van der Waals surface area contributed by atoms with E-state index < -0.39 is 17.9 Å². The third-order valence-electron chi connectivity index (χ3n) is 5.88. The number of aliphatic hydroxyl groups excluding tert-OH is 1. The summed E-state index contributed by atoms with van der Waals surface area (Å²) in [5.41, 5.74) is 0.160. The smallest absolute Gasteiger partial charge is 0.338 e. The zero-order valence-electron chi connectivity index (χ0n) is 14.0. The Morgan fingerprint density at radius 3 is 2.56 bits per heavy atom. The van der Waals surface area contributed by atoms with Gasteiger partial charge in [0.25, 0.3) is 0 Å². The maximum Gasteiger partial charge on any atom is 0.338 e. The van der Waals surface area contributed by atoms with E-state index in [1.165, 1.54) is 0 Å². The van der Waals surface area contributed by atoms with Crippen LogP contribution in [0, 0.1) is 17.8 Å². The minimum absolute atomic E-state index is 0.0475. The molecule has 0 radical (unpaired) electrons. The minimum Gasteiger partial charge on any atom is -0.511 e. The van der Waals surface area contributed by atoms with E-state index in [-0.39, 0.29) is 46.4 Å². The molecule has 6 unspecified atom stereocenters. The standard InChI is InChI=1S/C18H24Cl2O5/c19-12-6-5-9(7-13(12)20)11(8-15(21)22)16-17(23)10-3-1-2-4-14(10)25-18(16)24/h9-14,23H,1-8H2,(H,21,22). The molecule has 0 spiro atoms. The van der Waals surface area contributed by atoms with E-state index in [9.17, 15) is 19.8 Å². The predicted octanol–water partition coefficient (Wildman–Crippen LogP) is 4.02. The van der Waals surface area contributed by atoms with Crippen molar-refractivity contribution >= 4 is 35.1 Å². The minimum atomic E-state index is -0.997. The number of carbonyl (C=O) groups excluding carboxylic acids is 1. The second-order valence-corrected chi connectivity index (χ2v) is 8.56. The summed E-state index contributed by atoms with van der Waals surface area (Å²) >= 11 is 12.5. The Balaban J connectivity index is 1.91. The van der Waals surface area contributed by atoms with Crippen LogP contribution >= 0.6 is 23.2 Å². The molecule has 2 aliphatic carbocycles. The molecule has 2 saturated carbocycles. The number of carboxylic acid groups (broad SMARTS) is 1. The van der Waals surface area contributed by atoms with Gasteiger partial charge in [0, 0.05) is 11.3 Å². The molecule has 0 aromatic carbocycles. The van der Waals surface area contributed by atoms with Gasteiger partial charge in [0.15, 0.2) is 0 Å². The van der Waals surface area contributed by atoms with Gasteiger partial charge >= 0.3 is 11.9 Å². The first-order chi connectivity index (χ1) is 11.9. The molecule has 2 fully saturated rings. The van der Waals surface area contributed by atoms with Crippen LogP contribution in [-0.2, 0) is 14.3 Å². The molecule has 0 aromatic rings. The SMILES string of the molecule is O=C(O)CC(C1=C(O)C2CCCCC2OC1=O)C1CCC(Cl)C(Cl)C1. The van der Waals surface area contributed by atoms with Crippen LogP contribution < -0.4 is 0 Å². The van der Waals surface area contributed by atoms with Crippen LogP contribution in [0.1, 0.15) is 51.4 Å². The zero-order chi connectivity index (χ0) is 18.1. The summed E-state index contributed by atoms with van der Waals surface area (Å²) in [5.74, 6) is -2.40. The summed E-state index contributed by atoms with van der Waals surface area (Å²) in [5, 5.41) is 19.7. The van der Waals surface area contributed by atoms with Gasteiger partial charge in [0.2, 0.25) is 0 Å². The number of fused-ring (bicyclic) bond motifs is 1. The lowest BCUT2D eigenvalue weighted by Crippen LogP contribution is -2.41. The lowest BCUT2D eigenvalue weighted by atomic mass is 9.71. The maximum absolute atomic E-state index is 12.6. The molecule has 7 heteroatoms. The largest absolute Gasteiger partial charge is 0.511 e. The fourth-order valence-electron chi connectivity index (χ4n) is 4.56. The van der Waals surface area contributed by atoms with Crippen LogP contribution in [0.5, 0.6) is 0 Å². The number of ether oxygens (including phenoxy) is 1. The van der Waals surface area contributed by atoms with Gasteiger partial charge in [0.05, 0.1) is 23.3 Å². The first kappa shape index (κ1) is 18.8. The Morgan fingerprint density at radius 1 is 1.16 bits per heavy atom. The number of aliphatic hydroxyl groups is 1. The summed E-state index contributed by atoms with van der Waals surface area (Å²) in [6.45, 7) is 0. The highest BCUT2D eigenvalue weighted by molar-refractivity contribution is 6.30. The molecule has 140 valence electrons. The molecule has 1 heterocycles. The van der Waals surface area contributed by atoms with Gasteiger partial charge in [-0.05, 0) is 44.4 Å². The molecule has 1 aliphatic heterocycles. The zero-order valence-corrected chi connectivity index (χ0v) is 15.5.